The first kappa shape index (κ1) is 51.2. The number of benzene rings is 1. The minimum absolute atomic E-state index is 0.000298. The lowest BCUT2D eigenvalue weighted by molar-refractivity contribution is -0.146. The molecule has 1 fully saturated rings. The molecule has 0 spiro atoms. The SMILES string of the molecule is CC(C)(C)CC(C)(C)c1ccc(OCCO)cc1.CCCCCCCCCCCCCCCC(=O)OCCOCC(O)C1OCC(O)C1O.OCCO. The molecule has 0 aromatic heterocycles. The van der Waals surface area contributed by atoms with E-state index in [0.29, 0.717) is 18.4 Å². The van der Waals surface area contributed by atoms with Crippen molar-refractivity contribution in [3.05, 3.63) is 29.8 Å². The average Bonchev–Trinajstić information content (AvgIpc) is 3.45. The third kappa shape index (κ3) is 27.4. The van der Waals surface area contributed by atoms with E-state index in [-0.39, 0.29) is 57.6 Å². The summed E-state index contributed by atoms with van der Waals surface area (Å²) in [4.78, 5) is 11.7. The minimum atomic E-state index is -1.11. The molecule has 312 valence electrons. The van der Waals surface area contributed by atoms with Crippen molar-refractivity contribution in [1.29, 1.82) is 0 Å². The van der Waals surface area contributed by atoms with Crippen molar-refractivity contribution in [3.63, 3.8) is 0 Å². The van der Waals surface area contributed by atoms with E-state index in [4.69, 9.17) is 34.3 Å². The molecule has 1 heterocycles. The number of aliphatic hydroxyl groups excluding tert-OH is 6. The van der Waals surface area contributed by atoms with E-state index in [1.807, 2.05) is 12.1 Å². The summed E-state index contributed by atoms with van der Waals surface area (Å²) in [6, 6.07) is 8.21. The summed E-state index contributed by atoms with van der Waals surface area (Å²) in [5.74, 6) is 0.601. The van der Waals surface area contributed by atoms with E-state index in [1.165, 1.54) is 76.2 Å². The van der Waals surface area contributed by atoms with Gasteiger partial charge in [-0.2, -0.15) is 0 Å². The molecule has 0 bridgehead atoms. The van der Waals surface area contributed by atoms with Crippen LogP contribution >= 0.6 is 0 Å². The van der Waals surface area contributed by atoms with Crippen LogP contribution < -0.4 is 4.74 Å². The van der Waals surface area contributed by atoms with Gasteiger partial charge in [0, 0.05) is 6.42 Å². The van der Waals surface area contributed by atoms with Crippen LogP contribution in [0.15, 0.2) is 24.3 Å². The number of hydrogen-bond donors (Lipinski definition) is 6. The Morgan fingerprint density at radius 1 is 0.774 bits per heavy atom. The van der Waals surface area contributed by atoms with Gasteiger partial charge in [-0.05, 0) is 41.4 Å². The summed E-state index contributed by atoms with van der Waals surface area (Å²) < 4.78 is 20.9. The molecule has 6 N–H and O–H groups in total. The Labute approximate surface area is 321 Å². The van der Waals surface area contributed by atoms with Crippen molar-refractivity contribution in [1.82, 2.24) is 0 Å². The first-order valence-corrected chi connectivity index (χ1v) is 20.2. The van der Waals surface area contributed by atoms with Gasteiger partial charge in [0.1, 0.15) is 43.4 Å². The first-order valence-electron chi connectivity index (χ1n) is 20.2. The first-order chi connectivity index (χ1) is 25.2. The highest BCUT2D eigenvalue weighted by Gasteiger charge is 2.39. The lowest BCUT2D eigenvalue weighted by Crippen LogP contribution is -2.41. The largest absolute Gasteiger partial charge is 0.491 e. The molecular formula is C42H78O11. The number of carbonyl (C=O) groups excluding carboxylic acids is 1. The Bertz CT molecular complexity index is 978. The summed E-state index contributed by atoms with van der Waals surface area (Å²) >= 11 is 0. The molecule has 0 saturated carbocycles. The lowest BCUT2D eigenvalue weighted by atomic mass is 9.72. The second kappa shape index (κ2) is 31.4. The molecule has 2 rings (SSSR count). The summed E-state index contributed by atoms with van der Waals surface area (Å²) in [5, 5.41) is 52.9. The highest BCUT2D eigenvalue weighted by molar-refractivity contribution is 5.69. The van der Waals surface area contributed by atoms with Gasteiger partial charge in [-0.1, -0.05) is 131 Å². The molecule has 1 saturated heterocycles. The topological polar surface area (TPSA) is 175 Å². The number of hydrogen-bond acceptors (Lipinski definition) is 11. The smallest absolute Gasteiger partial charge is 0.305 e. The van der Waals surface area contributed by atoms with Gasteiger partial charge < -0.3 is 49.6 Å². The Kier molecular flexibility index (Phi) is 30.3. The molecule has 1 aromatic carbocycles. The van der Waals surface area contributed by atoms with E-state index in [0.717, 1.165) is 25.0 Å². The van der Waals surface area contributed by atoms with E-state index >= 15 is 0 Å². The highest BCUT2D eigenvalue weighted by Crippen LogP contribution is 2.36. The van der Waals surface area contributed by atoms with Crippen molar-refractivity contribution in [2.75, 3.05) is 52.9 Å². The van der Waals surface area contributed by atoms with E-state index < -0.39 is 24.4 Å². The molecule has 0 amide bonds. The van der Waals surface area contributed by atoms with Crippen molar-refractivity contribution in [2.24, 2.45) is 5.41 Å². The summed E-state index contributed by atoms with van der Waals surface area (Å²) in [7, 11) is 0. The normalized spacial score (nSPS) is 17.7. The van der Waals surface area contributed by atoms with Gasteiger partial charge in [-0.15, -0.1) is 0 Å². The van der Waals surface area contributed by atoms with Gasteiger partial charge in [-0.25, -0.2) is 0 Å². The van der Waals surface area contributed by atoms with Crippen molar-refractivity contribution in [3.8, 4) is 5.75 Å². The predicted octanol–water partition coefficient (Wildman–Crippen LogP) is 6.25. The number of rotatable bonds is 26. The number of ether oxygens (including phenoxy) is 4. The molecule has 4 unspecified atom stereocenters. The fourth-order valence-corrected chi connectivity index (χ4v) is 6.43. The third-order valence-electron chi connectivity index (χ3n) is 8.90. The van der Waals surface area contributed by atoms with Crippen LogP contribution in [0.3, 0.4) is 0 Å². The molecule has 53 heavy (non-hydrogen) atoms. The minimum Gasteiger partial charge on any atom is -0.491 e. The molecular weight excluding hydrogens is 680 g/mol. The standard InChI is InChI=1S/C24H46O7.C16H26O2.C2H6O2/c1-2-3-4-5-6-7-8-9-10-11-12-13-14-15-22(27)30-17-16-29-18-21(26)24-23(28)20(25)19-31-24;1-15(2,3)12-16(4,5)13-6-8-14(9-7-13)18-11-10-17;3-1-2-4/h20-21,23-26,28H,2-19H2,1H3;6-9,17H,10-12H2,1-5H3;3-4H,1-2H2. The fourth-order valence-electron chi connectivity index (χ4n) is 6.43. The molecule has 11 nitrogen and oxygen atoms in total. The zero-order valence-corrected chi connectivity index (χ0v) is 34.1. The Morgan fingerprint density at radius 2 is 1.30 bits per heavy atom. The maximum atomic E-state index is 11.7. The lowest BCUT2D eigenvalue weighted by Gasteiger charge is -2.33. The van der Waals surface area contributed by atoms with Gasteiger partial charge in [0.05, 0.1) is 39.6 Å². The average molecular weight is 759 g/mol. The maximum absolute atomic E-state index is 11.7. The maximum Gasteiger partial charge on any atom is 0.305 e. The van der Waals surface area contributed by atoms with Crippen LogP contribution in [-0.4, -0.2) is 114 Å². The number of carbonyl (C=O) groups is 1. The number of esters is 1. The molecule has 0 aliphatic carbocycles. The van der Waals surface area contributed by atoms with Crippen molar-refractivity contribution >= 4 is 5.97 Å². The summed E-state index contributed by atoms with van der Waals surface area (Å²) in [6.07, 6.45) is 14.1. The second-order valence-electron chi connectivity index (χ2n) is 15.9. The molecule has 11 heteroatoms. The second-order valence-corrected chi connectivity index (χ2v) is 15.9. The molecule has 1 aromatic rings. The summed E-state index contributed by atoms with van der Waals surface area (Å²) in [5.41, 5.74) is 1.80. The van der Waals surface area contributed by atoms with Gasteiger partial charge in [-0.3, -0.25) is 4.79 Å². The molecule has 0 radical (unpaired) electrons. The molecule has 1 aliphatic heterocycles. The van der Waals surface area contributed by atoms with Gasteiger partial charge >= 0.3 is 5.97 Å². The molecule has 4 atom stereocenters. The Balaban J connectivity index is 0.00000103. The number of unbranched alkanes of at least 4 members (excludes halogenated alkanes) is 12. The highest BCUT2D eigenvalue weighted by atomic mass is 16.6. The van der Waals surface area contributed by atoms with Crippen molar-refractivity contribution in [2.45, 2.75) is 168 Å². The third-order valence-corrected chi connectivity index (χ3v) is 8.90. The zero-order valence-electron chi connectivity index (χ0n) is 34.1. The summed E-state index contributed by atoms with van der Waals surface area (Å²) in [6.45, 7) is 14.0. The van der Waals surface area contributed by atoms with Crippen LogP contribution in [0, 0.1) is 5.41 Å². The Hall–Kier alpha value is -1.83. The van der Waals surface area contributed by atoms with Gasteiger partial charge in [0.15, 0.2) is 0 Å². The van der Waals surface area contributed by atoms with Crippen LogP contribution in [0.1, 0.15) is 143 Å². The zero-order chi connectivity index (χ0) is 40.0. The van der Waals surface area contributed by atoms with E-state index in [9.17, 15) is 20.1 Å². The number of aliphatic hydroxyl groups is 6. The van der Waals surface area contributed by atoms with Crippen LogP contribution in [0.4, 0.5) is 0 Å². The quantitative estimate of drug-likeness (QED) is 0.0465. The monoisotopic (exact) mass is 759 g/mol. The van der Waals surface area contributed by atoms with Crippen LogP contribution in [0.5, 0.6) is 5.75 Å². The van der Waals surface area contributed by atoms with Crippen LogP contribution in [0.2, 0.25) is 0 Å². The van der Waals surface area contributed by atoms with E-state index in [2.05, 4.69) is 53.7 Å². The fraction of sp³-hybridized carbons (Fsp3) is 0.833. The van der Waals surface area contributed by atoms with Crippen molar-refractivity contribution < 1.29 is 54.4 Å². The molecule has 1 aliphatic rings. The van der Waals surface area contributed by atoms with Crippen LogP contribution in [-0.2, 0) is 24.4 Å². The van der Waals surface area contributed by atoms with E-state index in [1.54, 1.807) is 0 Å². The van der Waals surface area contributed by atoms with Gasteiger partial charge in [0.2, 0.25) is 0 Å². The predicted molar refractivity (Wildman–Crippen MR) is 210 cm³/mol. The Morgan fingerprint density at radius 3 is 1.75 bits per heavy atom. The van der Waals surface area contributed by atoms with Gasteiger partial charge in [0.25, 0.3) is 0 Å². The van der Waals surface area contributed by atoms with Crippen LogP contribution in [0.25, 0.3) is 0 Å².